The fraction of sp³-hybridized carbons (Fsp3) is 0.321. The fourth-order valence-electron chi connectivity index (χ4n) is 4.01. The van der Waals surface area contributed by atoms with E-state index in [0.29, 0.717) is 48.3 Å². The molecule has 0 saturated carbocycles. The van der Waals surface area contributed by atoms with Crippen LogP contribution in [0.5, 0.6) is 0 Å². The van der Waals surface area contributed by atoms with Gasteiger partial charge in [0.1, 0.15) is 11.7 Å². The van der Waals surface area contributed by atoms with Crippen LogP contribution in [-0.2, 0) is 17.6 Å². The number of hydrogen-bond acceptors (Lipinski definition) is 6. The Kier molecular flexibility index (Phi) is 12.7. The Balaban J connectivity index is 0.00000161. The zero-order valence-electron chi connectivity index (χ0n) is 21.4. The lowest BCUT2D eigenvalue weighted by Crippen LogP contribution is -2.25. The van der Waals surface area contributed by atoms with E-state index in [9.17, 15) is 18.4 Å². The van der Waals surface area contributed by atoms with Gasteiger partial charge < -0.3 is 26.8 Å². The van der Waals surface area contributed by atoms with Crippen LogP contribution in [0.4, 0.5) is 14.5 Å². The quantitative estimate of drug-likeness (QED) is 0.170. The minimum absolute atomic E-state index is 0.137. The maximum atomic E-state index is 13.9. The molecule has 38 heavy (non-hydrogen) atoms. The van der Waals surface area contributed by atoms with Crippen LogP contribution < -0.4 is 21.7 Å². The largest absolute Gasteiger partial charge is 0.483 e. The van der Waals surface area contributed by atoms with Crippen molar-refractivity contribution in [3.8, 4) is 0 Å². The molecule has 3 rings (SSSR count). The zero-order valence-corrected chi connectivity index (χ0v) is 21.4. The summed E-state index contributed by atoms with van der Waals surface area (Å²) in [7, 11) is 1.53. The van der Waals surface area contributed by atoms with Crippen LogP contribution >= 0.6 is 0 Å². The van der Waals surface area contributed by atoms with Crippen LogP contribution in [0, 0.1) is 0 Å². The van der Waals surface area contributed by atoms with Crippen LogP contribution in [0.15, 0.2) is 60.3 Å². The molecule has 1 aliphatic carbocycles. The molecule has 1 amide bonds. The van der Waals surface area contributed by atoms with Gasteiger partial charge in [-0.2, -0.15) is 0 Å². The van der Waals surface area contributed by atoms with Crippen LogP contribution in [0.2, 0.25) is 0 Å². The first kappa shape index (κ1) is 30.2. The molecule has 204 valence electrons. The van der Waals surface area contributed by atoms with Crippen LogP contribution in [-0.4, -0.2) is 50.0 Å². The standard InChI is InChI=1S/C27H32F2N4O2.CH2O2/c1-31-16-21(28)15-22(29)17-33-23-9-10-24-19(13-23)7-5-18-6-8-20(14-25(18)26(24)34)27(35)32-12-4-2-3-11-30;2-1-3/h6,8-10,13-16,31,33H,2-5,7,11-12,17,30H2,1H3,(H,32,35);1H,(H,2,3)/b21-16+,22-15+;. The van der Waals surface area contributed by atoms with Gasteiger partial charge in [-0.1, -0.05) is 12.5 Å². The first-order valence-corrected chi connectivity index (χ1v) is 12.3. The zero-order chi connectivity index (χ0) is 27.9. The average molecular weight is 529 g/mol. The first-order chi connectivity index (χ1) is 18.3. The number of aryl methyl sites for hydroxylation is 2. The molecule has 0 saturated heterocycles. The average Bonchev–Trinajstić information content (AvgIpc) is 3.03. The molecule has 10 heteroatoms. The Morgan fingerprint density at radius 3 is 2.50 bits per heavy atom. The number of anilines is 1. The van der Waals surface area contributed by atoms with E-state index in [1.54, 1.807) is 24.3 Å². The molecule has 0 radical (unpaired) electrons. The van der Waals surface area contributed by atoms with E-state index >= 15 is 0 Å². The maximum absolute atomic E-state index is 13.9. The predicted octanol–water partition coefficient (Wildman–Crippen LogP) is 3.87. The number of benzene rings is 2. The van der Waals surface area contributed by atoms with Crippen molar-refractivity contribution in [2.75, 3.05) is 32.0 Å². The van der Waals surface area contributed by atoms with E-state index in [1.165, 1.54) is 7.05 Å². The van der Waals surface area contributed by atoms with Crippen molar-refractivity contribution in [2.24, 2.45) is 5.73 Å². The molecule has 0 fully saturated rings. The number of carboxylic acid groups (broad SMARTS) is 1. The van der Waals surface area contributed by atoms with E-state index < -0.39 is 11.7 Å². The monoisotopic (exact) mass is 528 g/mol. The lowest BCUT2D eigenvalue weighted by Gasteiger charge is -2.11. The Hall–Kier alpha value is -4.05. The Bertz CT molecular complexity index is 1180. The van der Waals surface area contributed by atoms with Gasteiger partial charge in [0.05, 0.1) is 6.54 Å². The van der Waals surface area contributed by atoms with Gasteiger partial charge in [0.25, 0.3) is 12.4 Å². The summed E-state index contributed by atoms with van der Waals surface area (Å²) in [5.41, 5.74) is 9.41. The Morgan fingerprint density at radius 2 is 1.79 bits per heavy atom. The van der Waals surface area contributed by atoms with Crippen molar-refractivity contribution in [1.29, 1.82) is 0 Å². The minimum Gasteiger partial charge on any atom is -0.483 e. The van der Waals surface area contributed by atoms with Crippen LogP contribution in [0.1, 0.15) is 56.7 Å². The molecule has 0 bridgehead atoms. The molecule has 2 aromatic rings. The van der Waals surface area contributed by atoms with Crippen LogP contribution in [0.25, 0.3) is 0 Å². The van der Waals surface area contributed by atoms with Gasteiger partial charge in [0, 0.05) is 48.2 Å². The maximum Gasteiger partial charge on any atom is 0.290 e. The fourth-order valence-corrected chi connectivity index (χ4v) is 4.01. The molecule has 0 aromatic heterocycles. The molecule has 8 nitrogen and oxygen atoms in total. The minimum atomic E-state index is -0.711. The third-order valence-corrected chi connectivity index (χ3v) is 5.83. The number of carbonyl (C=O) groups is 3. The summed E-state index contributed by atoms with van der Waals surface area (Å²) >= 11 is 0. The summed E-state index contributed by atoms with van der Waals surface area (Å²) in [6.45, 7) is 0.779. The molecular weight excluding hydrogens is 494 g/mol. The molecule has 0 spiro atoms. The number of unbranched alkanes of at least 4 members (excludes halogenated alkanes) is 2. The number of rotatable bonds is 11. The number of halogens is 2. The number of amides is 1. The van der Waals surface area contributed by atoms with Gasteiger partial charge in [-0.3, -0.25) is 14.4 Å². The summed E-state index contributed by atoms with van der Waals surface area (Å²) in [4.78, 5) is 34.2. The van der Waals surface area contributed by atoms with E-state index in [4.69, 9.17) is 15.6 Å². The highest BCUT2D eigenvalue weighted by molar-refractivity contribution is 6.12. The number of nitrogens with one attached hydrogen (secondary N) is 3. The smallest absolute Gasteiger partial charge is 0.290 e. The Morgan fingerprint density at radius 1 is 1.05 bits per heavy atom. The second-order valence-electron chi connectivity index (χ2n) is 8.55. The van der Waals surface area contributed by atoms with Crippen molar-refractivity contribution >= 4 is 23.9 Å². The molecule has 2 aromatic carbocycles. The van der Waals surface area contributed by atoms with Crippen molar-refractivity contribution < 1.29 is 28.3 Å². The lowest BCUT2D eigenvalue weighted by atomic mass is 9.96. The van der Waals surface area contributed by atoms with Crippen molar-refractivity contribution in [3.05, 3.63) is 88.1 Å². The highest BCUT2D eigenvalue weighted by Crippen LogP contribution is 2.27. The first-order valence-electron chi connectivity index (χ1n) is 12.3. The normalized spacial score (nSPS) is 12.8. The van der Waals surface area contributed by atoms with E-state index in [1.807, 2.05) is 12.1 Å². The predicted molar refractivity (Wildman–Crippen MR) is 144 cm³/mol. The summed E-state index contributed by atoms with van der Waals surface area (Å²) in [6.07, 6.45) is 5.89. The number of allylic oxidation sites excluding steroid dienone is 2. The number of fused-ring (bicyclic) bond motifs is 2. The van der Waals surface area contributed by atoms with Gasteiger partial charge in [0.2, 0.25) is 0 Å². The topological polar surface area (TPSA) is 134 Å². The summed E-state index contributed by atoms with van der Waals surface area (Å²) < 4.78 is 27.3. The van der Waals surface area contributed by atoms with E-state index in [0.717, 1.165) is 42.7 Å². The number of nitrogens with two attached hydrogens (primary N) is 1. The van der Waals surface area contributed by atoms with Crippen molar-refractivity contribution in [3.63, 3.8) is 0 Å². The third kappa shape index (κ3) is 9.11. The van der Waals surface area contributed by atoms with Crippen molar-refractivity contribution in [1.82, 2.24) is 10.6 Å². The molecule has 0 atom stereocenters. The molecule has 1 aliphatic rings. The molecule has 0 unspecified atom stereocenters. The van der Waals surface area contributed by atoms with Gasteiger partial charge in [-0.25, -0.2) is 8.78 Å². The third-order valence-electron chi connectivity index (χ3n) is 5.83. The summed E-state index contributed by atoms with van der Waals surface area (Å²) in [5, 5.41) is 15.2. The number of carbonyl (C=O) groups excluding carboxylic acids is 2. The van der Waals surface area contributed by atoms with Crippen molar-refractivity contribution in [2.45, 2.75) is 32.1 Å². The summed E-state index contributed by atoms with van der Waals surface area (Å²) in [6, 6.07) is 10.5. The lowest BCUT2D eigenvalue weighted by molar-refractivity contribution is -0.122. The summed E-state index contributed by atoms with van der Waals surface area (Å²) in [5.74, 6) is -1.70. The van der Waals surface area contributed by atoms with E-state index in [2.05, 4.69) is 16.0 Å². The second kappa shape index (κ2) is 15.9. The van der Waals surface area contributed by atoms with Gasteiger partial charge in [0.15, 0.2) is 5.78 Å². The van der Waals surface area contributed by atoms with Gasteiger partial charge in [-0.15, -0.1) is 0 Å². The Labute approximate surface area is 221 Å². The number of hydrogen-bond donors (Lipinski definition) is 5. The van der Waals surface area contributed by atoms with Crippen LogP contribution in [0.3, 0.4) is 0 Å². The number of ketones is 1. The second-order valence-corrected chi connectivity index (χ2v) is 8.55. The van der Waals surface area contributed by atoms with Gasteiger partial charge in [-0.05, 0) is 73.7 Å². The SMILES string of the molecule is CN/C=C(F)\C=C(\F)CNc1ccc2c(c1)CCc1ccc(C(=O)NCCCCCN)cc1C2=O.O=CO. The highest BCUT2D eigenvalue weighted by atomic mass is 19.1. The van der Waals surface area contributed by atoms with Gasteiger partial charge >= 0.3 is 0 Å². The van der Waals surface area contributed by atoms with E-state index in [-0.39, 0.29) is 24.7 Å². The molecule has 6 N–H and O–H groups in total. The highest BCUT2D eigenvalue weighted by Gasteiger charge is 2.23. The molecular formula is C28H34F2N4O4. The molecule has 0 aliphatic heterocycles. The molecule has 0 heterocycles.